The maximum Gasteiger partial charge on any atom is 0.316 e. The summed E-state index contributed by atoms with van der Waals surface area (Å²) in [5, 5.41) is 101. The maximum atomic E-state index is 10.8. The number of rotatable bonds is 12. The molecule has 3 heterocycles. The largest absolute Gasteiger partial charge is 0.394 e. The molecule has 0 spiro atoms. The Morgan fingerprint density at radius 2 is 1.18 bits per heavy atom. The molecule has 0 aromatic carbocycles. The van der Waals surface area contributed by atoms with Gasteiger partial charge in [-0.1, -0.05) is 0 Å². The topological polar surface area (TPSA) is 295 Å². The van der Waals surface area contributed by atoms with E-state index in [0.29, 0.717) is 0 Å². The van der Waals surface area contributed by atoms with Gasteiger partial charge in [0.15, 0.2) is 12.6 Å². The second-order valence-electron chi connectivity index (χ2n) is 9.78. The van der Waals surface area contributed by atoms with Crippen LogP contribution >= 0.6 is 8.25 Å². The van der Waals surface area contributed by atoms with Crippen molar-refractivity contribution in [1.82, 2.24) is 0 Å². The van der Waals surface area contributed by atoms with Gasteiger partial charge in [-0.15, -0.1) is 0 Å². The van der Waals surface area contributed by atoms with Crippen molar-refractivity contribution in [3.05, 3.63) is 0 Å². The molecular formula is C21H39O18P. The molecule has 18 nitrogen and oxygen atoms in total. The first-order valence-corrected chi connectivity index (χ1v) is 13.9. The van der Waals surface area contributed by atoms with Crippen LogP contribution in [0.1, 0.15) is 12.8 Å². The zero-order chi connectivity index (χ0) is 29.7. The van der Waals surface area contributed by atoms with Crippen LogP contribution in [0.5, 0.6) is 0 Å². The minimum Gasteiger partial charge on any atom is -0.394 e. The molecule has 0 aromatic rings. The molecule has 40 heavy (non-hydrogen) atoms. The summed E-state index contributed by atoms with van der Waals surface area (Å²) in [5.41, 5.74) is 0. The lowest BCUT2D eigenvalue weighted by molar-refractivity contribution is -0.359. The summed E-state index contributed by atoms with van der Waals surface area (Å²) < 4.78 is 42.5. The first-order chi connectivity index (χ1) is 18.9. The standard InChI is InChI=1S/C21H39O18P/c22-4-8-12(25)15(28)17(30)21(37-8)39-19-9(5-23)38-20(18(31)16(19)29)34-3-1-2-7-11(24)14(27)13(26)10(36-7)6-35-40(32)33/h7-31,40H,1-6H2,(H,32,33). The Balaban J connectivity index is 1.52. The molecule has 0 aliphatic carbocycles. The van der Waals surface area contributed by atoms with Gasteiger partial charge in [-0.25, -0.2) is 0 Å². The number of hydrogen-bond acceptors (Lipinski definition) is 17. The molecule has 16 atom stereocenters. The predicted molar refractivity (Wildman–Crippen MR) is 125 cm³/mol. The van der Waals surface area contributed by atoms with Crippen molar-refractivity contribution in [2.45, 2.75) is 105 Å². The molecule has 3 saturated heterocycles. The van der Waals surface area contributed by atoms with E-state index in [1.54, 1.807) is 0 Å². The number of aliphatic hydroxyl groups excluding tert-OH is 10. The SMILES string of the molecule is O=[PH](O)OCC1OC(CCCOC2OC(CO)C(OC3OC(CO)C(O)C(O)C3O)C(O)C2O)C(O)C(O)C1O. The molecule has 0 radical (unpaired) electrons. The van der Waals surface area contributed by atoms with Crippen LogP contribution in [0.4, 0.5) is 0 Å². The van der Waals surface area contributed by atoms with Gasteiger partial charge >= 0.3 is 8.25 Å². The van der Waals surface area contributed by atoms with Gasteiger partial charge in [-0.05, 0) is 12.8 Å². The fourth-order valence-corrected chi connectivity index (χ4v) is 5.04. The van der Waals surface area contributed by atoms with Gasteiger partial charge in [0.2, 0.25) is 0 Å². The van der Waals surface area contributed by atoms with Crippen LogP contribution in [0.15, 0.2) is 0 Å². The van der Waals surface area contributed by atoms with Gasteiger partial charge in [0.05, 0.1) is 25.9 Å². The fourth-order valence-electron chi connectivity index (χ4n) is 4.73. The zero-order valence-corrected chi connectivity index (χ0v) is 22.2. The van der Waals surface area contributed by atoms with Gasteiger partial charge in [0.1, 0.15) is 73.2 Å². The second kappa shape index (κ2) is 15.3. The Hall–Kier alpha value is -0.450. The summed E-state index contributed by atoms with van der Waals surface area (Å²) in [6.45, 7) is -2.10. The van der Waals surface area contributed by atoms with E-state index >= 15 is 0 Å². The Morgan fingerprint density at radius 1 is 0.625 bits per heavy atom. The van der Waals surface area contributed by atoms with E-state index < -0.39 is 120 Å². The zero-order valence-electron chi connectivity index (χ0n) is 21.2. The van der Waals surface area contributed by atoms with E-state index in [-0.39, 0.29) is 19.4 Å². The van der Waals surface area contributed by atoms with Crippen LogP contribution in [-0.4, -0.2) is 174 Å². The van der Waals surface area contributed by atoms with Crippen molar-refractivity contribution in [3.8, 4) is 0 Å². The van der Waals surface area contributed by atoms with E-state index in [1.165, 1.54) is 0 Å². The molecule has 3 fully saturated rings. The Kier molecular flexibility index (Phi) is 13.0. The lowest BCUT2D eigenvalue weighted by Gasteiger charge is -2.46. The smallest absolute Gasteiger partial charge is 0.316 e. The summed E-state index contributed by atoms with van der Waals surface area (Å²) in [7, 11) is -3.32. The number of aliphatic hydroxyl groups is 10. The van der Waals surface area contributed by atoms with Gasteiger partial charge in [-0.2, -0.15) is 0 Å². The van der Waals surface area contributed by atoms with Crippen molar-refractivity contribution in [1.29, 1.82) is 0 Å². The Morgan fingerprint density at radius 3 is 1.80 bits per heavy atom. The third kappa shape index (κ3) is 7.93. The quantitative estimate of drug-likeness (QED) is 0.0723. The first kappa shape index (κ1) is 34.0. The van der Waals surface area contributed by atoms with Crippen molar-refractivity contribution in [3.63, 3.8) is 0 Å². The summed E-state index contributed by atoms with van der Waals surface area (Å²) in [4.78, 5) is 8.82. The number of hydrogen-bond donors (Lipinski definition) is 11. The van der Waals surface area contributed by atoms with E-state index in [0.717, 1.165) is 0 Å². The highest BCUT2D eigenvalue weighted by Crippen LogP contribution is 2.30. The monoisotopic (exact) mass is 610 g/mol. The third-order valence-electron chi connectivity index (χ3n) is 7.06. The van der Waals surface area contributed by atoms with Crippen molar-refractivity contribution in [2.24, 2.45) is 0 Å². The van der Waals surface area contributed by atoms with Crippen LogP contribution in [0.25, 0.3) is 0 Å². The molecule has 19 heteroatoms. The van der Waals surface area contributed by atoms with Gasteiger partial charge in [0, 0.05) is 6.61 Å². The highest BCUT2D eigenvalue weighted by atomic mass is 31.1. The molecule has 0 saturated carbocycles. The highest BCUT2D eigenvalue weighted by Gasteiger charge is 2.51. The fraction of sp³-hybridized carbons (Fsp3) is 1.00. The highest BCUT2D eigenvalue weighted by molar-refractivity contribution is 7.32. The Labute approximate surface area is 228 Å². The summed E-state index contributed by atoms with van der Waals surface area (Å²) in [5.74, 6) is 0. The van der Waals surface area contributed by atoms with E-state index in [4.69, 9.17) is 28.6 Å². The lowest BCUT2D eigenvalue weighted by atomic mass is 9.93. The molecule has 16 unspecified atom stereocenters. The Bertz CT molecular complexity index is 791. The van der Waals surface area contributed by atoms with E-state index in [9.17, 15) is 55.6 Å². The molecule has 0 aromatic heterocycles. The molecule has 3 rings (SSSR count). The van der Waals surface area contributed by atoms with Gasteiger partial charge in [0.25, 0.3) is 0 Å². The van der Waals surface area contributed by atoms with Crippen LogP contribution in [0.2, 0.25) is 0 Å². The molecule has 11 N–H and O–H groups in total. The van der Waals surface area contributed by atoms with Gasteiger partial charge < -0.3 is 84.2 Å². The average molecular weight is 610 g/mol. The maximum absolute atomic E-state index is 10.8. The van der Waals surface area contributed by atoms with Gasteiger partial charge in [-0.3, -0.25) is 4.57 Å². The van der Waals surface area contributed by atoms with Crippen LogP contribution in [0.3, 0.4) is 0 Å². The van der Waals surface area contributed by atoms with Crippen molar-refractivity contribution >= 4 is 8.25 Å². The van der Waals surface area contributed by atoms with Crippen LogP contribution < -0.4 is 0 Å². The van der Waals surface area contributed by atoms with Crippen LogP contribution in [0, 0.1) is 0 Å². The van der Waals surface area contributed by atoms with Crippen LogP contribution in [-0.2, 0) is 32.8 Å². The first-order valence-electron chi connectivity index (χ1n) is 12.7. The molecule has 0 amide bonds. The molecule has 3 aliphatic heterocycles. The van der Waals surface area contributed by atoms with E-state index in [1.807, 2.05) is 0 Å². The second-order valence-corrected chi connectivity index (χ2v) is 10.6. The third-order valence-corrected chi connectivity index (χ3v) is 7.47. The van der Waals surface area contributed by atoms with Crippen molar-refractivity contribution < 1.29 is 88.7 Å². The minimum absolute atomic E-state index is 0.0629. The molecule has 236 valence electrons. The number of ether oxygens (including phenoxy) is 5. The average Bonchev–Trinajstić information content (AvgIpc) is 2.93. The molecular weight excluding hydrogens is 571 g/mol. The van der Waals surface area contributed by atoms with E-state index in [2.05, 4.69) is 4.52 Å². The lowest BCUT2D eigenvalue weighted by Crippen LogP contribution is -2.64. The predicted octanol–water partition coefficient (Wildman–Crippen LogP) is -6.34. The summed E-state index contributed by atoms with van der Waals surface area (Å²) in [6, 6.07) is 0. The normalized spacial score (nSPS) is 47.2. The summed E-state index contributed by atoms with van der Waals surface area (Å²) in [6.07, 6.45) is -22.6. The van der Waals surface area contributed by atoms with Crippen molar-refractivity contribution in [2.75, 3.05) is 26.4 Å². The minimum atomic E-state index is -3.32. The summed E-state index contributed by atoms with van der Waals surface area (Å²) >= 11 is 0. The molecule has 3 aliphatic rings. The molecule has 0 bridgehead atoms.